The molecule has 234 valence electrons. The Hall–Kier alpha value is -2.95. The van der Waals surface area contributed by atoms with Crippen molar-refractivity contribution in [3.63, 3.8) is 0 Å². The molecule has 0 saturated heterocycles. The smallest absolute Gasteiger partial charge is 0.220 e. The first kappa shape index (κ1) is 39.0. The highest BCUT2D eigenvalue weighted by Gasteiger charge is 2.17. The van der Waals surface area contributed by atoms with Gasteiger partial charge in [0.05, 0.1) is 18.8 Å². The second kappa shape index (κ2) is 32.6. The number of carbonyl (C=O) groups is 1. The molecule has 0 aromatic heterocycles. The normalized spacial score (nSPS) is 14.7. The van der Waals surface area contributed by atoms with Crippen LogP contribution in [0.5, 0.6) is 0 Å². The molecule has 0 aromatic carbocycles. The van der Waals surface area contributed by atoms with Crippen LogP contribution >= 0.6 is 0 Å². The molecular formula is C38H59NO3. The molecule has 4 heteroatoms. The summed E-state index contributed by atoms with van der Waals surface area (Å²) in [6.45, 7) is 3.94. The zero-order valence-electron chi connectivity index (χ0n) is 26.5. The maximum absolute atomic E-state index is 12.1. The Labute approximate surface area is 257 Å². The van der Waals surface area contributed by atoms with Gasteiger partial charge in [0.15, 0.2) is 0 Å². The Balaban J connectivity index is 3.74. The third-order valence-electron chi connectivity index (χ3n) is 6.24. The van der Waals surface area contributed by atoms with Crippen LogP contribution in [-0.2, 0) is 4.79 Å². The molecule has 0 aliphatic carbocycles. The molecule has 0 aromatic rings. The number of aliphatic hydroxyl groups is 2. The van der Waals surface area contributed by atoms with Crippen LogP contribution < -0.4 is 5.32 Å². The van der Waals surface area contributed by atoms with Crippen LogP contribution in [0, 0.1) is 0 Å². The topological polar surface area (TPSA) is 69.6 Å². The largest absolute Gasteiger partial charge is 0.394 e. The molecule has 2 unspecified atom stereocenters. The molecule has 1 amide bonds. The van der Waals surface area contributed by atoms with Crippen LogP contribution in [0.25, 0.3) is 0 Å². The first-order valence-electron chi connectivity index (χ1n) is 16.1. The number of allylic oxidation sites excluding steroid dienone is 17. The van der Waals surface area contributed by atoms with E-state index in [0.717, 1.165) is 83.5 Å². The van der Waals surface area contributed by atoms with Gasteiger partial charge in [-0.2, -0.15) is 0 Å². The van der Waals surface area contributed by atoms with Crippen molar-refractivity contribution < 1.29 is 15.0 Å². The van der Waals surface area contributed by atoms with Gasteiger partial charge >= 0.3 is 0 Å². The monoisotopic (exact) mass is 577 g/mol. The average molecular weight is 578 g/mol. The molecule has 0 heterocycles. The van der Waals surface area contributed by atoms with E-state index in [-0.39, 0.29) is 12.5 Å². The van der Waals surface area contributed by atoms with E-state index in [1.165, 1.54) is 0 Å². The number of nitrogens with one attached hydrogen (secondary N) is 1. The molecular weight excluding hydrogens is 518 g/mol. The van der Waals surface area contributed by atoms with Gasteiger partial charge in [0.25, 0.3) is 0 Å². The fourth-order valence-electron chi connectivity index (χ4n) is 3.78. The number of aliphatic hydroxyl groups excluding tert-OH is 2. The van der Waals surface area contributed by atoms with Crippen LogP contribution in [0.3, 0.4) is 0 Å². The zero-order chi connectivity index (χ0) is 30.8. The molecule has 0 aliphatic heterocycles. The van der Waals surface area contributed by atoms with Crippen LogP contribution in [-0.4, -0.2) is 34.9 Å². The van der Waals surface area contributed by atoms with Crippen molar-refractivity contribution in [2.75, 3.05) is 6.61 Å². The van der Waals surface area contributed by atoms with Crippen LogP contribution in [0.1, 0.15) is 104 Å². The Morgan fingerprint density at radius 2 is 1.02 bits per heavy atom. The van der Waals surface area contributed by atoms with E-state index in [4.69, 9.17) is 0 Å². The summed E-state index contributed by atoms with van der Waals surface area (Å²) in [7, 11) is 0. The van der Waals surface area contributed by atoms with Gasteiger partial charge in [0.1, 0.15) is 0 Å². The zero-order valence-corrected chi connectivity index (χ0v) is 26.5. The fraction of sp³-hybridized carbons (Fsp3) is 0.500. The molecule has 2 atom stereocenters. The first-order chi connectivity index (χ1) is 20.7. The summed E-state index contributed by atoms with van der Waals surface area (Å²) in [4.78, 5) is 12.1. The summed E-state index contributed by atoms with van der Waals surface area (Å²) in [5.41, 5.74) is 0. The van der Waals surface area contributed by atoms with Gasteiger partial charge in [-0.25, -0.2) is 0 Å². The Morgan fingerprint density at radius 1 is 0.595 bits per heavy atom. The summed E-state index contributed by atoms with van der Waals surface area (Å²) in [6, 6.07) is -0.648. The average Bonchev–Trinajstić information content (AvgIpc) is 2.99. The fourth-order valence-corrected chi connectivity index (χ4v) is 3.78. The molecule has 4 nitrogen and oxygen atoms in total. The lowest BCUT2D eigenvalue weighted by molar-refractivity contribution is -0.123. The van der Waals surface area contributed by atoms with E-state index in [1.807, 2.05) is 6.08 Å². The Bertz CT molecular complexity index is 886. The standard InChI is InChI=1S/C38H59NO3/c1-3-5-7-8-9-10-11-12-13-14-15-16-17-18-19-20-21-22-23-24-25-26-27-28-29-30-32-34-38(42)39-36(35-40)37(41)33-31-6-4-2/h5,7,9-10,12-13,15-16,18-19,21-22,24-25,27-28,31,33,36-37,40-41H,3-4,6,8,11,14,17,20,23,26,29-30,32,34-35H2,1-2H3,(H,39,42)/b7-5-,10-9-,13-12-,16-15-,19-18-,22-21-,25-24-,28-27-,33-31+. The van der Waals surface area contributed by atoms with Crippen molar-refractivity contribution in [3.8, 4) is 0 Å². The second-order valence-corrected chi connectivity index (χ2v) is 10.1. The van der Waals surface area contributed by atoms with Gasteiger partial charge in [-0.3, -0.25) is 4.79 Å². The van der Waals surface area contributed by atoms with Gasteiger partial charge in [-0.15, -0.1) is 0 Å². The van der Waals surface area contributed by atoms with Crippen molar-refractivity contribution >= 4 is 5.91 Å². The Morgan fingerprint density at radius 3 is 1.43 bits per heavy atom. The third kappa shape index (κ3) is 28.6. The molecule has 3 N–H and O–H groups in total. The predicted molar refractivity (Wildman–Crippen MR) is 183 cm³/mol. The number of hydrogen-bond donors (Lipinski definition) is 3. The lowest BCUT2D eigenvalue weighted by atomic mass is 10.1. The van der Waals surface area contributed by atoms with E-state index in [0.29, 0.717) is 6.42 Å². The molecule has 0 bridgehead atoms. The highest BCUT2D eigenvalue weighted by molar-refractivity contribution is 5.76. The second-order valence-electron chi connectivity index (χ2n) is 10.1. The molecule has 0 spiro atoms. The van der Waals surface area contributed by atoms with Gasteiger partial charge < -0.3 is 15.5 Å². The maximum atomic E-state index is 12.1. The lowest BCUT2D eigenvalue weighted by Gasteiger charge is -2.19. The van der Waals surface area contributed by atoms with Crippen molar-refractivity contribution in [2.24, 2.45) is 0 Å². The van der Waals surface area contributed by atoms with E-state index in [9.17, 15) is 15.0 Å². The Kier molecular flexibility index (Phi) is 30.3. The maximum Gasteiger partial charge on any atom is 0.220 e. The highest BCUT2D eigenvalue weighted by atomic mass is 16.3. The van der Waals surface area contributed by atoms with Crippen molar-refractivity contribution in [1.82, 2.24) is 5.32 Å². The summed E-state index contributed by atoms with van der Waals surface area (Å²) in [6.07, 6.45) is 50.8. The van der Waals surface area contributed by atoms with Crippen molar-refractivity contribution in [3.05, 3.63) is 109 Å². The molecule has 0 rings (SSSR count). The van der Waals surface area contributed by atoms with E-state index in [2.05, 4.69) is 116 Å². The molecule has 0 saturated carbocycles. The minimum atomic E-state index is -0.860. The summed E-state index contributed by atoms with van der Waals surface area (Å²) in [5.74, 6) is -0.127. The minimum absolute atomic E-state index is 0.127. The summed E-state index contributed by atoms with van der Waals surface area (Å²) in [5, 5.41) is 22.2. The third-order valence-corrected chi connectivity index (χ3v) is 6.24. The van der Waals surface area contributed by atoms with Gasteiger partial charge in [0, 0.05) is 6.42 Å². The van der Waals surface area contributed by atoms with Crippen LogP contribution in [0.2, 0.25) is 0 Å². The summed E-state index contributed by atoms with van der Waals surface area (Å²) < 4.78 is 0. The highest BCUT2D eigenvalue weighted by Crippen LogP contribution is 2.04. The summed E-state index contributed by atoms with van der Waals surface area (Å²) >= 11 is 0. The molecule has 0 fully saturated rings. The SMILES string of the molecule is CC/C=C\C/C=C\C/C=C\C/C=C\C/C=C\C/C=C\C/C=C\C/C=C\CCCCC(=O)NC(CO)C(O)/C=C/CCC. The van der Waals surface area contributed by atoms with E-state index < -0.39 is 12.1 Å². The number of unbranched alkanes of at least 4 members (excludes halogenated alkanes) is 3. The predicted octanol–water partition coefficient (Wildman–Crippen LogP) is 9.33. The van der Waals surface area contributed by atoms with E-state index >= 15 is 0 Å². The van der Waals surface area contributed by atoms with Crippen molar-refractivity contribution in [2.45, 2.75) is 116 Å². The van der Waals surface area contributed by atoms with Crippen LogP contribution in [0.4, 0.5) is 0 Å². The van der Waals surface area contributed by atoms with Gasteiger partial charge in [-0.1, -0.05) is 130 Å². The first-order valence-corrected chi connectivity index (χ1v) is 16.1. The van der Waals surface area contributed by atoms with Gasteiger partial charge in [0.2, 0.25) is 5.91 Å². The number of hydrogen-bond acceptors (Lipinski definition) is 3. The van der Waals surface area contributed by atoms with Gasteiger partial charge in [-0.05, 0) is 77.0 Å². The number of carbonyl (C=O) groups excluding carboxylic acids is 1. The van der Waals surface area contributed by atoms with Crippen LogP contribution in [0.15, 0.2) is 109 Å². The van der Waals surface area contributed by atoms with Crippen molar-refractivity contribution in [1.29, 1.82) is 0 Å². The molecule has 0 radical (unpaired) electrons. The minimum Gasteiger partial charge on any atom is -0.394 e. The number of rotatable bonds is 26. The molecule has 42 heavy (non-hydrogen) atoms. The number of amides is 1. The molecule has 0 aliphatic rings. The van der Waals surface area contributed by atoms with E-state index in [1.54, 1.807) is 6.08 Å². The quantitative estimate of drug-likeness (QED) is 0.0708. The lowest BCUT2D eigenvalue weighted by Crippen LogP contribution is -2.45.